The molecular weight excluding hydrogens is 330 g/mol. The van der Waals surface area contributed by atoms with Gasteiger partial charge in [0, 0.05) is 32.3 Å². The molecule has 2 aliphatic heterocycles. The summed E-state index contributed by atoms with van der Waals surface area (Å²) in [7, 11) is 1.67. The lowest BCUT2D eigenvalue weighted by Crippen LogP contribution is -2.64. The zero-order valence-corrected chi connectivity index (χ0v) is 16.9. The van der Waals surface area contributed by atoms with Crippen molar-refractivity contribution >= 4 is 5.91 Å². The summed E-state index contributed by atoms with van der Waals surface area (Å²) in [5, 5.41) is 6.63. The quantitative estimate of drug-likeness (QED) is 0.774. The molecule has 0 aromatic carbocycles. The van der Waals surface area contributed by atoms with Gasteiger partial charge in [-0.05, 0) is 52.6 Å². The van der Waals surface area contributed by atoms with Crippen molar-refractivity contribution in [2.45, 2.75) is 75.5 Å². The second kappa shape index (κ2) is 8.13. The van der Waals surface area contributed by atoms with Crippen LogP contribution in [0.15, 0.2) is 0 Å². The Morgan fingerprint density at radius 3 is 2.46 bits per heavy atom. The molecule has 6 nitrogen and oxygen atoms in total. The van der Waals surface area contributed by atoms with Crippen LogP contribution in [0.25, 0.3) is 0 Å². The van der Waals surface area contributed by atoms with Gasteiger partial charge < -0.3 is 20.1 Å². The number of carbonyl (C=O) groups is 1. The van der Waals surface area contributed by atoms with E-state index in [1.807, 2.05) is 0 Å². The minimum absolute atomic E-state index is 0.0663. The lowest BCUT2D eigenvalue weighted by atomic mass is 9.78. The molecule has 3 aliphatic rings. The molecule has 0 unspecified atom stereocenters. The van der Waals surface area contributed by atoms with Crippen molar-refractivity contribution in [3.05, 3.63) is 0 Å². The Labute approximate surface area is 158 Å². The van der Waals surface area contributed by atoms with Crippen molar-refractivity contribution in [2.24, 2.45) is 0 Å². The van der Waals surface area contributed by atoms with Crippen LogP contribution in [-0.4, -0.2) is 74.0 Å². The number of ether oxygens (including phenoxy) is 2. The maximum absolute atomic E-state index is 13.0. The Balaban J connectivity index is 1.69. The number of amides is 1. The number of carbonyl (C=O) groups excluding carboxylic acids is 1. The van der Waals surface area contributed by atoms with Crippen LogP contribution in [0.1, 0.15) is 58.8 Å². The van der Waals surface area contributed by atoms with Crippen molar-refractivity contribution in [1.82, 2.24) is 15.5 Å². The van der Waals surface area contributed by atoms with Crippen molar-refractivity contribution in [2.75, 3.05) is 46.4 Å². The Hall–Kier alpha value is -0.690. The number of nitrogens with zero attached hydrogens (tertiary/aromatic N) is 1. The molecule has 26 heavy (non-hydrogen) atoms. The highest BCUT2D eigenvalue weighted by atomic mass is 16.5. The second-order valence-electron chi connectivity index (χ2n) is 8.95. The molecule has 6 heteroatoms. The smallest absolute Gasteiger partial charge is 0.252 e. The van der Waals surface area contributed by atoms with Crippen LogP contribution in [0.5, 0.6) is 0 Å². The number of methoxy groups -OCH3 is 1. The molecule has 0 bridgehead atoms. The normalized spacial score (nSPS) is 28.4. The topological polar surface area (TPSA) is 62.8 Å². The third-order valence-corrected chi connectivity index (χ3v) is 6.67. The number of morpholine rings is 1. The van der Waals surface area contributed by atoms with E-state index in [9.17, 15) is 4.79 Å². The standard InChI is InChI=1S/C20H37N3O3/c1-18(2)16-23(13-14-26-18)19(7-5-4-6-8-19)15-22-17(24)20(25-3)9-11-21-12-10-20/h21H,4-16H2,1-3H3,(H,22,24). The van der Waals surface area contributed by atoms with E-state index in [0.29, 0.717) is 0 Å². The SMILES string of the molecule is COC1(C(=O)NCC2(N3CCOC(C)(C)C3)CCCCC2)CCNCC1. The summed E-state index contributed by atoms with van der Waals surface area (Å²) in [5.41, 5.74) is -0.711. The molecule has 1 saturated carbocycles. The molecule has 2 N–H and O–H groups in total. The fraction of sp³-hybridized carbons (Fsp3) is 0.950. The summed E-state index contributed by atoms with van der Waals surface area (Å²) in [6.07, 6.45) is 7.59. The molecule has 1 amide bonds. The van der Waals surface area contributed by atoms with E-state index in [4.69, 9.17) is 9.47 Å². The van der Waals surface area contributed by atoms with E-state index in [-0.39, 0.29) is 17.0 Å². The zero-order chi connectivity index (χ0) is 18.7. The van der Waals surface area contributed by atoms with Crippen molar-refractivity contribution in [1.29, 1.82) is 0 Å². The van der Waals surface area contributed by atoms with Crippen molar-refractivity contribution < 1.29 is 14.3 Å². The lowest BCUT2D eigenvalue weighted by molar-refractivity contribution is -0.149. The molecule has 0 aromatic rings. The van der Waals surface area contributed by atoms with Crippen LogP contribution in [0.3, 0.4) is 0 Å². The number of hydrogen-bond acceptors (Lipinski definition) is 5. The van der Waals surface area contributed by atoms with E-state index in [1.165, 1.54) is 19.3 Å². The van der Waals surface area contributed by atoms with Crippen LogP contribution >= 0.6 is 0 Å². The van der Waals surface area contributed by atoms with Crippen molar-refractivity contribution in [3.8, 4) is 0 Å². The lowest BCUT2D eigenvalue weighted by Gasteiger charge is -2.52. The fourth-order valence-electron chi connectivity index (χ4n) is 5.00. The summed E-state index contributed by atoms with van der Waals surface area (Å²) in [6, 6.07) is 0. The molecule has 2 saturated heterocycles. The maximum Gasteiger partial charge on any atom is 0.252 e. The molecule has 3 rings (SSSR count). The number of nitrogens with one attached hydrogen (secondary N) is 2. The molecule has 2 heterocycles. The zero-order valence-electron chi connectivity index (χ0n) is 16.9. The molecule has 3 fully saturated rings. The number of piperidine rings is 1. The van der Waals surface area contributed by atoms with E-state index < -0.39 is 5.60 Å². The monoisotopic (exact) mass is 367 g/mol. The molecule has 1 aliphatic carbocycles. The van der Waals surface area contributed by atoms with Crippen LogP contribution in [-0.2, 0) is 14.3 Å². The predicted octanol–water partition coefficient (Wildman–Crippen LogP) is 1.68. The van der Waals surface area contributed by atoms with E-state index in [1.54, 1.807) is 7.11 Å². The van der Waals surface area contributed by atoms with Crippen LogP contribution < -0.4 is 10.6 Å². The summed E-state index contributed by atoms with van der Waals surface area (Å²) in [4.78, 5) is 15.6. The number of hydrogen-bond donors (Lipinski definition) is 2. The first-order chi connectivity index (χ1) is 12.4. The second-order valence-corrected chi connectivity index (χ2v) is 8.95. The summed E-state index contributed by atoms with van der Waals surface area (Å²) < 4.78 is 11.6. The first kappa shape index (κ1) is 20.1. The van der Waals surface area contributed by atoms with Crippen LogP contribution in [0.4, 0.5) is 0 Å². The van der Waals surface area contributed by atoms with Gasteiger partial charge in [0.1, 0.15) is 5.60 Å². The molecule has 0 atom stereocenters. The third-order valence-electron chi connectivity index (χ3n) is 6.67. The molecule has 0 radical (unpaired) electrons. The van der Waals surface area contributed by atoms with E-state index in [0.717, 1.165) is 65.0 Å². The first-order valence-electron chi connectivity index (χ1n) is 10.3. The Morgan fingerprint density at radius 1 is 1.15 bits per heavy atom. The van der Waals surface area contributed by atoms with Gasteiger partial charge in [-0.1, -0.05) is 19.3 Å². The molecule has 0 aromatic heterocycles. The Bertz CT molecular complexity index is 483. The van der Waals surface area contributed by atoms with Gasteiger partial charge in [0.2, 0.25) is 0 Å². The molecule has 0 spiro atoms. The van der Waals surface area contributed by atoms with Gasteiger partial charge in [0.25, 0.3) is 5.91 Å². The fourth-order valence-corrected chi connectivity index (χ4v) is 5.00. The third kappa shape index (κ3) is 4.24. The largest absolute Gasteiger partial charge is 0.373 e. The highest BCUT2D eigenvalue weighted by Gasteiger charge is 2.45. The van der Waals surface area contributed by atoms with Gasteiger partial charge >= 0.3 is 0 Å². The molecule has 150 valence electrons. The van der Waals surface area contributed by atoms with Gasteiger partial charge in [0.05, 0.1) is 12.2 Å². The summed E-state index contributed by atoms with van der Waals surface area (Å²) >= 11 is 0. The average Bonchev–Trinajstić information content (AvgIpc) is 2.66. The van der Waals surface area contributed by atoms with Gasteiger partial charge in [-0.2, -0.15) is 0 Å². The van der Waals surface area contributed by atoms with Gasteiger partial charge in [-0.25, -0.2) is 0 Å². The Kier molecular flexibility index (Phi) is 6.27. The minimum atomic E-state index is -0.661. The molecular formula is C20H37N3O3. The van der Waals surface area contributed by atoms with Gasteiger partial charge in [-0.3, -0.25) is 9.69 Å². The van der Waals surface area contributed by atoms with Crippen LogP contribution in [0, 0.1) is 0 Å². The highest BCUT2D eigenvalue weighted by molar-refractivity contribution is 5.85. The minimum Gasteiger partial charge on any atom is -0.373 e. The van der Waals surface area contributed by atoms with Gasteiger partial charge in [-0.15, -0.1) is 0 Å². The Morgan fingerprint density at radius 2 is 1.85 bits per heavy atom. The highest BCUT2D eigenvalue weighted by Crippen LogP contribution is 2.36. The number of rotatable bonds is 5. The van der Waals surface area contributed by atoms with Crippen molar-refractivity contribution in [3.63, 3.8) is 0 Å². The predicted molar refractivity (Wildman–Crippen MR) is 102 cm³/mol. The van der Waals surface area contributed by atoms with Gasteiger partial charge in [0.15, 0.2) is 0 Å². The van der Waals surface area contributed by atoms with Crippen LogP contribution in [0.2, 0.25) is 0 Å². The first-order valence-corrected chi connectivity index (χ1v) is 10.3. The maximum atomic E-state index is 13.0. The van der Waals surface area contributed by atoms with E-state index >= 15 is 0 Å². The average molecular weight is 368 g/mol. The summed E-state index contributed by atoms with van der Waals surface area (Å²) in [5.74, 6) is 0.0685. The van der Waals surface area contributed by atoms with E-state index in [2.05, 4.69) is 29.4 Å². The summed E-state index contributed by atoms with van der Waals surface area (Å²) in [6.45, 7) is 9.40.